The number of carbonyl (C=O) groups is 1. The first kappa shape index (κ1) is 41.5. The average molecular weight is 809 g/mol. The number of piperidine rings is 1. The van der Waals surface area contributed by atoms with Crippen LogP contribution in [0.4, 0.5) is 4.79 Å². The van der Waals surface area contributed by atoms with Gasteiger partial charge in [-0.2, -0.15) is 0 Å². The number of rotatable bonds is 14. The molecule has 0 spiro atoms. The van der Waals surface area contributed by atoms with Crippen molar-refractivity contribution in [3.63, 3.8) is 0 Å². The minimum atomic E-state index is -1.43. The Labute approximate surface area is 345 Å². The van der Waals surface area contributed by atoms with Crippen molar-refractivity contribution < 1.29 is 48.9 Å². The summed E-state index contributed by atoms with van der Waals surface area (Å²) in [6, 6.07) is 35.6. The van der Waals surface area contributed by atoms with Gasteiger partial charge in [-0.3, -0.25) is 4.90 Å². The first-order chi connectivity index (χ1) is 28.8. The first-order valence-corrected chi connectivity index (χ1v) is 21.0. The third-order valence-corrected chi connectivity index (χ3v) is 12.2. The van der Waals surface area contributed by atoms with Crippen LogP contribution in [0.1, 0.15) is 66.4 Å². The van der Waals surface area contributed by atoms with Gasteiger partial charge in [-0.25, -0.2) is 4.79 Å². The molecule has 4 aromatic rings. The van der Waals surface area contributed by atoms with E-state index in [1.54, 1.807) is 4.90 Å². The highest BCUT2D eigenvalue weighted by Gasteiger charge is 2.40. The van der Waals surface area contributed by atoms with Crippen LogP contribution in [0.5, 0.6) is 0 Å². The number of ether oxygens (including phenoxy) is 5. The second-order valence-corrected chi connectivity index (χ2v) is 16.3. The molecule has 4 N–H and O–H groups in total. The molecular weight excluding hydrogens is 753 g/mol. The number of aliphatic hydroxyl groups is 4. The Kier molecular flexibility index (Phi) is 13.7. The van der Waals surface area contributed by atoms with Gasteiger partial charge < -0.3 is 49.0 Å². The molecule has 0 aromatic heterocycles. The fraction of sp³-hybridized carbons (Fsp3) is 0.468. The van der Waals surface area contributed by atoms with Crippen LogP contribution in [0, 0.1) is 5.92 Å². The van der Waals surface area contributed by atoms with Gasteiger partial charge in [0, 0.05) is 56.2 Å². The summed E-state index contributed by atoms with van der Waals surface area (Å²) in [4.78, 5) is 17.1. The molecule has 3 fully saturated rings. The van der Waals surface area contributed by atoms with Crippen LogP contribution >= 0.6 is 0 Å². The van der Waals surface area contributed by atoms with Gasteiger partial charge in [-0.15, -0.1) is 0 Å². The van der Waals surface area contributed by atoms with Gasteiger partial charge in [0.15, 0.2) is 12.6 Å². The molecule has 0 radical (unpaired) electrons. The molecule has 0 saturated carbocycles. The van der Waals surface area contributed by atoms with E-state index in [2.05, 4.69) is 24.3 Å². The van der Waals surface area contributed by atoms with Crippen molar-refractivity contribution in [1.29, 1.82) is 0 Å². The van der Waals surface area contributed by atoms with Crippen LogP contribution in [0.15, 0.2) is 109 Å². The van der Waals surface area contributed by atoms with E-state index < -0.39 is 43.1 Å². The molecular formula is C47H56N2O10. The molecule has 12 heteroatoms. The largest absolute Gasteiger partial charge is 0.448 e. The highest BCUT2D eigenvalue weighted by atomic mass is 16.7. The van der Waals surface area contributed by atoms with Crippen LogP contribution in [-0.2, 0) is 23.7 Å². The summed E-state index contributed by atoms with van der Waals surface area (Å²) in [6.07, 6.45) is -5.24. The molecule has 59 heavy (non-hydrogen) atoms. The van der Waals surface area contributed by atoms with E-state index in [-0.39, 0.29) is 50.3 Å². The first-order valence-electron chi connectivity index (χ1n) is 21.0. The predicted octanol–water partition coefficient (Wildman–Crippen LogP) is 5.40. The topological polar surface area (TPSA) is 151 Å². The van der Waals surface area contributed by atoms with Gasteiger partial charge >= 0.3 is 6.09 Å². The van der Waals surface area contributed by atoms with Crippen molar-refractivity contribution >= 4 is 6.09 Å². The number of fused-ring (bicyclic) bond motifs is 3. The molecule has 3 aliphatic heterocycles. The predicted molar refractivity (Wildman–Crippen MR) is 219 cm³/mol. The van der Waals surface area contributed by atoms with Crippen molar-refractivity contribution in [2.75, 3.05) is 52.5 Å². The highest BCUT2D eigenvalue weighted by molar-refractivity contribution is 5.79. The molecule has 1 aliphatic carbocycles. The van der Waals surface area contributed by atoms with Crippen molar-refractivity contribution in [2.24, 2.45) is 5.92 Å². The number of aliphatic hydroxyl groups excluding tert-OH is 4. The van der Waals surface area contributed by atoms with Crippen LogP contribution in [-0.4, -0.2) is 125 Å². The molecule has 314 valence electrons. The molecule has 1 amide bonds. The third-order valence-electron chi connectivity index (χ3n) is 12.2. The lowest BCUT2D eigenvalue weighted by Crippen LogP contribution is -2.54. The monoisotopic (exact) mass is 808 g/mol. The fourth-order valence-corrected chi connectivity index (χ4v) is 9.03. The van der Waals surface area contributed by atoms with E-state index in [0.29, 0.717) is 51.9 Å². The van der Waals surface area contributed by atoms with Crippen molar-refractivity contribution in [1.82, 2.24) is 9.80 Å². The van der Waals surface area contributed by atoms with E-state index in [1.165, 1.54) is 22.3 Å². The second-order valence-electron chi connectivity index (χ2n) is 16.3. The molecule has 8 rings (SSSR count). The highest BCUT2D eigenvalue weighted by Crippen LogP contribution is 2.44. The Hall–Kier alpha value is -4.21. The lowest BCUT2D eigenvalue weighted by molar-refractivity contribution is -0.283. The summed E-state index contributed by atoms with van der Waals surface area (Å²) >= 11 is 0. The molecule has 8 atom stereocenters. The van der Waals surface area contributed by atoms with Crippen LogP contribution in [0.2, 0.25) is 0 Å². The molecule has 3 saturated heterocycles. The number of hydrogen-bond donors (Lipinski definition) is 4. The van der Waals surface area contributed by atoms with Gasteiger partial charge in [-0.05, 0) is 47.4 Å². The van der Waals surface area contributed by atoms with Gasteiger partial charge in [-0.1, -0.05) is 109 Å². The molecule has 4 aromatic carbocycles. The Morgan fingerprint density at radius 3 is 1.98 bits per heavy atom. The van der Waals surface area contributed by atoms with Gasteiger partial charge in [0.25, 0.3) is 0 Å². The number of likely N-dealkylation sites (tertiary alicyclic amines) is 1. The SMILES string of the molecule is O=C(OCC1c2ccccc2-c2ccccc21)N1CCC(CN(C[C@H](O)C[C@H]2CCOC(c3ccccc3)O2)C[C@H](O)[C@@H](O)[C@@H]2OC(c3ccccc3)OC[C@H]2O)CC1. The van der Waals surface area contributed by atoms with E-state index in [1.807, 2.05) is 89.8 Å². The zero-order chi connectivity index (χ0) is 40.7. The van der Waals surface area contributed by atoms with Crippen molar-refractivity contribution in [2.45, 2.75) is 80.8 Å². The number of benzene rings is 4. The number of hydrogen-bond acceptors (Lipinski definition) is 11. The number of nitrogens with zero attached hydrogens (tertiary/aromatic N) is 2. The Balaban J connectivity index is 0.884. The smallest absolute Gasteiger partial charge is 0.409 e. The maximum atomic E-state index is 13.4. The van der Waals surface area contributed by atoms with Crippen molar-refractivity contribution in [3.05, 3.63) is 131 Å². The molecule has 4 aliphatic rings. The zero-order valence-corrected chi connectivity index (χ0v) is 33.3. The zero-order valence-electron chi connectivity index (χ0n) is 33.3. The van der Waals surface area contributed by atoms with E-state index in [0.717, 1.165) is 11.1 Å². The summed E-state index contributed by atoms with van der Waals surface area (Å²) in [7, 11) is 0. The van der Waals surface area contributed by atoms with E-state index in [4.69, 9.17) is 23.7 Å². The van der Waals surface area contributed by atoms with Crippen LogP contribution < -0.4 is 0 Å². The molecule has 0 bridgehead atoms. The third kappa shape index (κ3) is 10.1. The van der Waals surface area contributed by atoms with E-state index in [9.17, 15) is 25.2 Å². The summed E-state index contributed by atoms with van der Waals surface area (Å²) in [5.41, 5.74) is 6.36. The average Bonchev–Trinajstić information content (AvgIpc) is 3.59. The van der Waals surface area contributed by atoms with E-state index >= 15 is 0 Å². The van der Waals surface area contributed by atoms with Gasteiger partial charge in [0.05, 0.1) is 31.5 Å². The normalized spacial score (nSPS) is 25.2. The summed E-state index contributed by atoms with van der Waals surface area (Å²) < 4.78 is 29.8. The second kappa shape index (κ2) is 19.4. The maximum Gasteiger partial charge on any atom is 0.409 e. The van der Waals surface area contributed by atoms with Gasteiger partial charge in [0.2, 0.25) is 0 Å². The Morgan fingerprint density at radius 1 is 0.746 bits per heavy atom. The standard InChI is InChI=1S/C47H56N2O10/c50-34(25-35-21-24-55-45(58-35)32-11-3-1-4-12-32)27-48(28-41(51)43(53)44-42(52)30-56-46(59-44)33-13-5-2-6-14-33)26-31-19-22-49(23-20-31)47(54)57-29-40-38-17-9-7-15-36(38)37-16-8-10-18-39(37)40/h1-18,31,34-35,40-46,50-53H,19-30H2/t34-,35-,41+,42-,43-,44-,45?,46?/m1/s1. The van der Waals surface area contributed by atoms with Crippen LogP contribution in [0.25, 0.3) is 11.1 Å². The lowest BCUT2D eigenvalue weighted by Gasteiger charge is -2.40. The van der Waals surface area contributed by atoms with Crippen molar-refractivity contribution in [3.8, 4) is 11.1 Å². The summed E-state index contributed by atoms with van der Waals surface area (Å²) in [6.45, 7) is 2.50. The minimum Gasteiger partial charge on any atom is -0.448 e. The molecule has 3 heterocycles. The summed E-state index contributed by atoms with van der Waals surface area (Å²) in [5, 5.41) is 45.2. The van der Waals surface area contributed by atoms with Crippen LogP contribution in [0.3, 0.4) is 0 Å². The Morgan fingerprint density at radius 2 is 1.34 bits per heavy atom. The number of carbonyl (C=O) groups excluding carboxylic acids is 1. The molecule has 2 unspecified atom stereocenters. The fourth-order valence-electron chi connectivity index (χ4n) is 9.03. The Bertz CT molecular complexity index is 1900. The minimum absolute atomic E-state index is 0.0155. The number of amides is 1. The quantitative estimate of drug-likeness (QED) is 0.130. The van der Waals surface area contributed by atoms with Gasteiger partial charge in [0.1, 0.15) is 24.9 Å². The summed E-state index contributed by atoms with van der Waals surface area (Å²) in [5.74, 6) is 0.136. The molecule has 12 nitrogen and oxygen atoms in total. The lowest BCUT2D eigenvalue weighted by atomic mass is 9.95. The maximum absolute atomic E-state index is 13.4.